The summed E-state index contributed by atoms with van der Waals surface area (Å²) in [6.45, 7) is 0.529. The van der Waals surface area contributed by atoms with E-state index in [-0.39, 0.29) is 31.0 Å². The first-order valence-corrected chi connectivity index (χ1v) is 14.5. The second kappa shape index (κ2) is 11.8. The molecule has 1 atom stereocenters. The van der Waals surface area contributed by atoms with Gasteiger partial charge in [0.1, 0.15) is 0 Å². The van der Waals surface area contributed by atoms with Crippen molar-refractivity contribution < 1.29 is 52.8 Å². The molecule has 1 unspecified atom stereocenters. The topological polar surface area (TPSA) is 63.2 Å². The molecular weight excluding hydrogens is 514 g/mol. The molecule has 3 aromatic rings. The molecule has 6 nitrogen and oxygen atoms in total. The zero-order valence-corrected chi connectivity index (χ0v) is 22.2. The Balaban J connectivity index is 0.00000181. The van der Waals surface area contributed by atoms with Gasteiger partial charge in [-0.25, -0.2) is 0 Å². The molecule has 1 aliphatic rings. The van der Waals surface area contributed by atoms with Gasteiger partial charge in [-0.3, -0.25) is 0 Å². The minimum Gasteiger partial charge on any atom is -1.00 e. The van der Waals surface area contributed by atoms with Gasteiger partial charge >= 0.3 is 211 Å². The minimum absolute atomic E-state index is 0. The number of benzene rings is 3. The molecular formula is C23H23NaO6Sn. The molecule has 0 bridgehead atoms. The van der Waals surface area contributed by atoms with Crippen molar-refractivity contribution >= 4 is 26.0 Å². The Labute approximate surface area is 211 Å². The molecule has 31 heavy (non-hydrogen) atoms. The predicted molar refractivity (Wildman–Crippen MR) is 113 cm³/mol. The Hall–Kier alpha value is -1.71. The van der Waals surface area contributed by atoms with Gasteiger partial charge in [-0.05, 0) is 0 Å². The Morgan fingerprint density at radius 2 is 1.19 bits per heavy atom. The van der Waals surface area contributed by atoms with Crippen molar-refractivity contribution in [3.63, 3.8) is 0 Å². The van der Waals surface area contributed by atoms with Gasteiger partial charge in [0.05, 0.1) is 0 Å². The van der Waals surface area contributed by atoms with Gasteiger partial charge < -0.3 is 1.43 Å². The van der Waals surface area contributed by atoms with Crippen LogP contribution in [-0.4, -0.2) is 38.7 Å². The van der Waals surface area contributed by atoms with Crippen LogP contribution in [0.25, 0.3) is 0 Å². The molecule has 0 aromatic heterocycles. The third-order valence-electron chi connectivity index (χ3n) is 4.38. The summed E-state index contributed by atoms with van der Waals surface area (Å²) in [7, 11) is 0. The van der Waals surface area contributed by atoms with Crippen LogP contribution < -0.4 is 38.8 Å². The van der Waals surface area contributed by atoms with Gasteiger partial charge in [0.2, 0.25) is 0 Å². The van der Waals surface area contributed by atoms with E-state index in [2.05, 4.69) is 0 Å². The zero-order valence-electron chi connectivity index (χ0n) is 18.3. The van der Waals surface area contributed by atoms with Crippen molar-refractivity contribution in [2.24, 2.45) is 0 Å². The number of ether oxygens (including phenoxy) is 1. The van der Waals surface area contributed by atoms with Crippen LogP contribution in [0.4, 0.5) is 0 Å². The number of rotatable bonds is 8. The number of carbonyl (C=O) groups is 1. The molecule has 1 heterocycles. The summed E-state index contributed by atoms with van der Waals surface area (Å²) in [4.78, 5) is 12.9. The maximum absolute atomic E-state index is 12.9. The van der Waals surface area contributed by atoms with E-state index in [9.17, 15) is 4.79 Å². The van der Waals surface area contributed by atoms with Crippen LogP contribution >= 0.6 is 0 Å². The average molecular weight is 537 g/mol. The summed E-state index contributed by atoms with van der Waals surface area (Å²) in [5.41, 5.74) is 0. The fourth-order valence-electron chi connectivity index (χ4n) is 2.98. The van der Waals surface area contributed by atoms with Crippen molar-refractivity contribution in [3.05, 3.63) is 91.0 Å². The smallest absolute Gasteiger partial charge is 1.00 e. The largest absolute Gasteiger partial charge is 1.00 e. The summed E-state index contributed by atoms with van der Waals surface area (Å²) in [5.74, 6) is 0.979. The van der Waals surface area contributed by atoms with Crippen LogP contribution in [0.1, 0.15) is 14.3 Å². The Bertz CT molecular complexity index is 841. The van der Waals surface area contributed by atoms with Crippen molar-refractivity contribution in [2.75, 3.05) is 6.61 Å². The summed E-state index contributed by atoms with van der Waals surface area (Å²) in [5, 5.41) is 0. The van der Waals surface area contributed by atoms with Crippen LogP contribution in [0.5, 0.6) is 17.2 Å². The van der Waals surface area contributed by atoms with Crippen molar-refractivity contribution in [1.82, 2.24) is 0 Å². The third-order valence-corrected chi connectivity index (χ3v) is 9.82. The first-order chi connectivity index (χ1) is 14.7. The summed E-state index contributed by atoms with van der Waals surface area (Å²) in [6.07, 6.45) is 0.767. The van der Waals surface area contributed by atoms with Crippen LogP contribution in [0, 0.1) is 0 Å². The third kappa shape index (κ3) is 6.88. The van der Waals surface area contributed by atoms with Crippen molar-refractivity contribution in [1.29, 1.82) is 0 Å². The Kier molecular flexibility index (Phi) is 9.10. The second-order valence-electron chi connectivity index (χ2n) is 6.67. The van der Waals surface area contributed by atoms with E-state index in [4.69, 9.17) is 17.0 Å². The summed E-state index contributed by atoms with van der Waals surface area (Å²) < 4.78 is 30.0. The summed E-state index contributed by atoms with van der Waals surface area (Å²) >= 11 is -5.05. The molecule has 1 saturated heterocycles. The molecule has 1 aliphatic heterocycles. The fourth-order valence-corrected chi connectivity index (χ4v) is 8.40. The zero-order chi connectivity index (χ0) is 20.7. The van der Waals surface area contributed by atoms with E-state index in [1.54, 1.807) is 36.4 Å². The van der Waals surface area contributed by atoms with Crippen LogP contribution in [0.15, 0.2) is 91.0 Å². The van der Waals surface area contributed by atoms with E-state index >= 15 is 0 Å². The van der Waals surface area contributed by atoms with Crippen molar-refractivity contribution in [3.8, 4) is 17.2 Å². The quantitative estimate of drug-likeness (QED) is 0.407. The van der Waals surface area contributed by atoms with Gasteiger partial charge in [0.15, 0.2) is 0 Å². The molecule has 156 valence electrons. The van der Waals surface area contributed by atoms with Crippen LogP contribution in [-0.2, 0) is 12.6 Å². The molecule has 3 aromatic carbocycles. The molecule has 0 aliphatic carbocycles. The normalized spacial score (nSPS) is 15.4. The molecule has 4 rings (SSSR count). The molecule has 0 saturated carbocycles. The maximum Gasteiger partial charge on any atom is 1.00 e. The minimum atomic E-state index is -5.05. The number of hydrogen-bond donors (Lipinski definition) is 0. The molecule has 0 amide bonds. The molecule has 0 radical (unpaired) electrons. The van der Waals surface area contributed by atoms with Gasteiger partial charge in [0, 0.05) is 0 Å². The van der Waals surface area contributed by atoms with E-state index in [1.165, 1.54) is 0 Å². The van der Waals surface area contributed by atoms with Gasteiger partial charge in [-0.2, -0.15) is 0 Å². The SMILES string of the molecule is O=C([O][Sn]([O]c1ccccc1)([O]c1ccccc1)[O]c1ccccc1)C1CCCO1.[H-].[Na+]. The number of carbonyl (C=O) groups excluding carboxylic acids is 1. The van der Waals surface area contributed by atoms with Gasteiger partial charge in [-0.15, -0.1) is 0 Å². The van der Waals surface area contributed by atoms with Crippen molar-refractivity contribution in [2.45, 2.75) is 18.9 Å². The molecule has 0 spiro atoms. The average Bonchev–Trinajstić information content (AvgIpc) is 3.31. The van der Waals surface area contributed by atoms with E-state index < -0.39 is 32.1 Å². The van der Waals surface area contributed by atoms with Gasteiger partial charge in [-0.1, -0.05) is 0 Å². The first kappa shape index (κ1) is 23.9. The first-order valence-electron chi connectivity index (χ1n) is 9.79. The van der Waals surface area contributed by atoms with Gasteiger partial charge in [0.25, 0.3) is 0 Å². The molecule has 0 N–H and O–H groups in total. The van der Waals surface area contributed by atoms with E-state index in [1.807, 2.05) is 54.6 Å². The fraction of sp³-hybridized carbons (Fsp3) is 0.174. The summed E-state index contributed by atoms with van der Waals surface area (Å²) in [6, 6.07) is 27.2. The second-order valence-corrected chi connectivity index (χ2v) is 11.9. The predicted octanol–water partition coefficient (Wildman–Crippen LogP) is 1.50. The maximum atomic E-state index is 12.9. The monoisotopic (exact) mass is 538 g/mol. The Morgan fingerprint density at radius 3 is 1.55 bits per heavy atom. The number of hydrogen-bond acceptors (Lipinski definition) is 6. The van der Waals surface area contributed by atoms with Crippen LogP contribution in [0.3, 0.4) is 0 Å². The molecule has 8 heteroatoms. The Morgan fingerprint density at radius 1 is 0.774 bits per heavy atom. The standard InChI is InChI=1S/3C6H6O.C5H8O3.Na.Sn.H/c3*7-6-4-2-1-3-5-6;6-5(7)4-2-1-3-8-4;;;/h3*1-5,7H;4H,1-3H2,(H,6,7);;;/q;;;;+1;+4;-1/p-4. The number of para-hydroxylation sites is 3. The van der Waals surface area contributed by atoms with E-state index in [0.29, 0.717) is 30.3 Å². The van der Waals surface area contributed by atoms with Crippen LogP contribution in [0.2, 0.25) is 0 Å². The van der Waals surface area contributed by atoms with E-state index in [0.717, 1.165) is 6.42 Å². The molecule has 1 fully saturated rings.